The van der Waals surface area contributed by atoms with Crippen molar-refractivity contribution in [2.75, 3.05) is 13.2 Å². The van der Waals surface area contributed by atoms with Gasteiger partial charge in [-0.2, -0.15) is 0 Å². The minimum atomic E-state index is -0.739. The van der Waals surface area contributed by atoms with Gasteiger partial charge in [-0.15, -0.1) is 23.2 Å². The molecule has 0 saturated carbocycles. The Morgan fingerprint density at radius 2 is 1.12 bits per heavy atom. The Balaban J connectivity index is 3.27. The van der Waals surface area contributed by atoms with Crippen LogP contribution in [0.5, 0.6) is 0 Å². The minimum absolute atomic E-state index is 0.00221. The van der Waals surface area contributed by atoms with Crippen LogP contribution in [-0.4, -0.2) is 30.0 Å². The quantitative estimate of drug-likeness (QED) is 0.150. The molecule has 6 heteroatoms. The van der Waals surface area contributed by atoms with Crippen LogP contribution in [0, 0.1) is 0 Å². The van der Waals surface area contributed by atoms with E-state index in [1.54, 1.807) is 0 Å². The van der Waals surface area contributed by atoms with Gasteiger partial charge in [0.1, 0.15) is 11.4 Å². The maximum Gasteiger partial charge on any atom is 0.306 e. The van der Waals surface area contributed by atoms with E-state index >= 15 is 0 Å². The van der Waals surface area contributed by atoms with Crippen molar-refractivity contribution >= 4 is 35.1 Å². The molecule has 0 aromatic rings. The molecule has 0 fully saturated rings. The summed E-state index contributed by atoms with van der Waals surface area (Å²) < 4.78 is 9.88. The van der Waals surface area contributed by atoms with E-state index in [1.807, 2.05) is 0 Å². The van der Waals surface area contributed by atoms with Crippen molar-refractivity contribution < 1.29 is 19.1 Å². The summed E-state index contributed by atoms with van der Waals surface area (Å²) in [6.45, 7) is 2.62. The molecule has 0 amide bonds. The van der Waals surface area contributed by atoms with Gasteiger partial charge >= 0.3 is 11.9 Å². The largest absolute Gasteiger partial charge is 0.466 e. The average Bonchev–Trinajstić information content (AvgIpc) is 2.62. The van der Waals surface area contributed by atoms with Crippen LogP contribution in [0.15, 0.2) is 0 Å². The van der Waals surface area contributed by atoms with Gasteiger partial charge in [-0.05, 0) is 6.42 Å². The summed E-state index contributed by atoms with van der Waals surface area (Å²) in [4.78, 5) is 22.1. The summed E-state index contributed by atoms with van der Waals surface area (Å²) in [5, 5.41) is 0. The lowest BCUT2D eigenvalue weighted by atomic mass is 10.1. The Morgan fingerprint density at radius 3 is 1.58 bits per heavy atom. The standard InChI is InChI=1S/C20H36Cl2O4/c1-2-3-4-5-6-7-8-9-10-11-12-13-16-25-19(23)14-15-20(24)26-17-18(21)22/h18H,2-17H2,1H3. The van der Waals surface area contributed by atoms with Crippen LogP contribution in [0.3, 0.4) is 0 Å². The SMILES string of the molecule is CCCCCCCCCCCCCCOC(=O)CCC(=O)OCC(Cl)Cl. The Hall–Kier alpha value is -0.480. The number of alkyl halides is 2. The van der Waals surface area contributed by atoms with Crippen LogP contribution in [0.25, 0.3) is 0 Å². The number of carbonyl (C=O) groups excluding carboxylic acids is 2. The molecule has 0 unspecified atom stereocenters. The van der Waals surface area contributed by atoms with Crippen LogP contribution in [0.1, 0.15) is 96.8 Å². The Labute approximate surface area is 169 Å². The van der Waals surface area contributed by atoms with Crippen LogP contribution < -0.4 is 0 Å². The molecule has 0 aromatic heterocycles. The van der Waals surface area contributed by atoms with E-state index in [-0.39, 0.29) is 25.4 Å². The molecule has 0 bridgehead atoms. The van der Waals surface area contributed by atoms with E-state index < -0.39 is 10.8 Å². The van der Waals surface area contributed by atoms with Gasteiger partial charge in [0.15, 0.2) is 0 Å². The zero-order chi connectivity index (χ0) is 19.5. The first-order chi connectivity index (χ1) is 12.6. The van der Waals surface area contributed by atoms with Gasteiger partial charge in [0.05, 0.1) is 19.4 Å². The molecule has 0 aliphatic rings. The highest BCUT2D eigenvalue weighted by Crippen LogP contribution is 2.12. The van der Waals surface area contributed by atoms with Crippen LogP contribution in [-0.2, 0) is 19.1 Å². The first-order valence-corrected chi connectivity index (χ1v) is 11.0. The summed E-state index contributed by atoms with van der Waals surface area (Å²) in [7, 11) is 0. The van der Waals surface area contributed by atoms with Crippen molar-refractivity contribution in [2.24, 2.45) is 0 Å². The van der Waals surface area contributed by atoms with E-state index in [1.165, 1.54) is 64.2 Å². The maximum atomic E-state index is 11.5. The van der Waals surface area contributed by atoms with E-state index in [0.29, 0.717) is 6.61 Å². The van der Waals surface area contributed by atoms with Crippen LogP contribution >= 0.6 is 23.2 Å². The first-order valence-electron chi connectivity index (χ1n) is 10.2. The van der Waals surface area contributed by atoms with E-state index in [9.17, 15) is 9.59 Å². The number of ether oxygens (including phenoxy) is 2. The molecule has 26 heavy (non-hydrogen) atoms. The summed E-state index contributed by atoms with van der Waals surface area (Å²) in [6.07, 6.45) is 15.3. The molecule has 0 spiro atoms. The fourth-order valence-electron chi connectivity index (χ4n) is 2.63. The summed E-state index contributed by atoms with van der Waals surface area (Å²) in [6, 6.07) is 0. The van der Waals surface area contributed by atoms with Crippen LogP contribution in [0.2, 0.25) is 0 Å². The molecular weight excluding hydrogens is 375 g/mol. The number of halogens is 2. The molecule has 0 heterocycles. The smallest absolute Gasteiger partial charge is 0.306 e. The predicted octanol–water partition coefficient (Wildman–Crippen LogP) is 6.36. The number of carbonyl (C=O) groups is 2. The van der Waals surface area contributed by atoms with Crippen molar-refractivity contribution in [1.82, 2.24) is 0 Å². The van der Waals surface area contributed by atoms with Gasteiger partial charge in [-0.1, -0.05) is 77.6 Å². The lowest BCUT2D eigenvalue weighted by Gasteiger charge is -2.06. The van der Waals surface area contributed by atoms with Gasteiger partial charge in [0, 0.05) is 0 Å². The fourth-order valence-corrected chi connectivity index (χ4v) is 2.76. The summed E-state index contributed by atoms with van der Waals surface area (Å²) >= 11 is 10.9. The van der Waals surface area contributed by atoms with Gasteiger partial charge in [-0.25, -0.2) is 0 Å². The van der Waals surface area contributed by atoms with E-state index in [4.69, 9.17) is 32.7 Å². The molecule has 0 N–H and O–H groups in total. The van der Waals surface area contributed by atoms with Gasteiger partial charge in [0.25, 0.3) is 0 Å². The zero-order valence-electron chi connectivity index (χ0n) is 16.3. The Kier molecular flexibility index (Phi) is 18.9. The Morgan fingerprint density at radius 1 is 0.692 bits per heavy atom. The Bertz CT molecular complexity index is 349. The number of unbranched alkanes of at least 4 members (excludes halogenated alkanes) is 11. The zero-order valence-corrected chi connectivity index (χ0v) is 17.8. The van der Waals surface area contributed by atoms with Crippen molar-refractivity contribution in [1.29, 1.82) is 0 Å². The number of rotatable bonds is 18. The molecule has 0 aliphatic heterocycles. The third-order valence-electron chi connectivity index (χ3n) is 4.16. The molecule has 4 nitrogen and oxygen atoms in total. The highest BCUT2D eigenvalue weighted by Gasteiger charge is 2.10. The first kappa shape index (κ1) is 25.5. The molecule has 0 radical (unpaired) electrons. The second kappa shape index (κ2) is 19.3. The van der Waals surface area contributed by atoms with Crippen LogP contribution in [0.4, 0.5) is 0 Å². The second-order valence-corrected chi connectivity index (χ2v) is 7.96. The normalized spacial score (nSPS) is 10.9. The maximum absolute atomic E-state index is 11.5. The molecule has 0 aliphatic carbocycles. The van der Waals surface area contributed by atoms with Gasteiger partial charge in [-0.3, -0.25) is 9.59 Å². The second-order valence-electron chi connectivity index (χ2n) is 6.68. The minimum Gasteiger partial charge on any atom is -0.466 e. The fraction of sp³-hybridized carbons (Fsp3) is 0.900. The van der Waals surface area contributed by atoms with Crippen molar-refractivity contribution in [3.8, 4) is 0 Å². The molecular formula is C20H36Cl2O4. The number of hydrogen-bond acceptors (Lipinski definition) is 4. The monoisotopic (exact) mass is 410 g/mol. The number of hydrogen-bond donors (Lipinski definition) is 0. The number of esters is 2. The van der Waals surface area contributed by atoms with Crippen molar-refractivity contribution in [2.45, 2.75) is 102 Å². The highest BCUT2D eigenvalue weighted by atomic mass is 35.5. The van der Waals surface area contributed by atoms with E-state index in [2.05, 4.69) is 6.92 Å². The van der Waals surface area contributed by atoms with Crippen molar-refractivity contribution in [3.63, 3.8) is 0 Å². The summed E-state index contributed by atoms with van der Waals surface area (Å²) in [5.74, 6) is -0.850. The molecule has 0 atom stereocenters. The topological polar surface area (TPSA) is 52.6 Å². The molecule has 0 aromatic carbocycles. The van der Waals surface area contributed by atoms with Gasteiger partial charge < -0.3 is 9.47 Å². The predicted molar refractivity (Wildman–Crippen MR) is 108 cm³/mol. The lowest BCUT2D eigenvalue weighted by molar-refractivity contribution is -0.150. The lowest BCUT2D eigenvalue weighted by Crippen LogP contribution is -2.13. The van der Waals surface area contributed by atoms with Gasteiger partial charge in [0.2, 0.25) is 0 Å². The highest BCUT2D eigenvalue weighted by molar-refractivity contribution is 6.44. The third-order valence-corrected chi connectivity index (χ3v) is 4.42. The third kappa shape index (κ3) is 19.8. The molecule has 0 rings (SSSR count). The average molecular weight is 411 g/mol. The van der Waals surface area contributed by atoms with Crippen molar-refractivity contribution in [3.05, 3.63) is 0 Å². The summed E-state index contributed by atoms with van der Waals surface area (Å²) in [5.41, 5.74) is 0. The molecule has 0 saturated heterocycles. The van der Waals surface area contributed by atoms with E-state index in [0.717, 1.165) is 12.8 Å². The molecule has 154 valence electrons.